The molecule has 0 radical (unpaired) electrons. The van der Waals surface area contributed by atoms with Crippen LogP contribution in [0.25, 0.3) is 0 Å². The summed E-state index contributed by atoms with van der Waals surface area (Å²) in [6, 6.07) is 7.58. The van der Waals surface area contributed by atoms with Gasteiger partial charge in [0.05, 0.1) is 12.2 Å². The van der Waals surface area contributed by atoms with Crippen LogP contribution in [0.3, 0.4) is 0 Å². The van der Waals surface area contributed by atoms with Gasteiger partial charge in [-0.2, -0.15) is 0 Å². The molecule has 1 aromatic carbocycles. The van der Waals surface area contributed by atoms with Crippen LogP contribution in [0.15, 0.2) is 24.3 Å². The zero-order chi connectivity index (χ0) is 12.0. The maximum atomic E-state index is 11.8. The highest BCUT2D eigenvalue weighted by molar-refractivity contribution is 5.91. The molecule has 1 rings (SSSR count). The summed E-state index contributed by atoms with van der Waals surface area (Å²) < 4.78 is 5.14. The molecule has 0 spiro atoms. The molecule has 0 aromatic heterocycles. The van der Waals surface area contributed by atoms with Crippen LogP contribution in [-0.4, -0.2) is 31.6 Å². The van der Waals surface area contributed by atoms with E-state index in [9.17, 15) is 4.79 Å². The van der Waals surface area contributed by atoms with Gasteiger partial charge in [-0.15, -0.1) is 0 Å². The van der Waals surface area contributed by atoms with E-state index in [4.69, 9.17) is 4.74 Å². The van der Waals surface area contributed by atoms with Crippen LogP contribution in [0.1, 0.15) is 29.3 Å². The molecule has 0 bridgehead atoms. The van der Waals surface area contributed by atoms with Gasteiger partial charge in [-0.05, 0) is 32.1 Å². The van der Waals surface area contributed by atoms with Gasteiger partial charge in [-0.25, -0.2) is 4.79 Å². The second-order valence-corrected chi connectivity index (χ2v) is 4.03. The lowest BCUT2D eigenvalue weighted by molar-refractivity contribution is 0.0503. The van der Waals surface area contributed by atoms with E-state index in [0.29, 0.717) is 12.2 Å². The zero-order valence-electron chi connectivity index (χ0n) is 10.2. The van der Waals surface area contributed by atoms with Gasteiger partial charge in [0, 0.05) is 6.54 Å². The Morgan fingerprint density at radius 2 is 2.00 bits per heavy atom. The molecule has 0 amide bonds. The third-order valence-corrected chi connectivity index (χ3v) is 2.16. The molecule has 0 heterocycles. The predicted octanol–water partition coefficient (Wildman–Crippen LogP) is 2.32. The van der Waals surface area contributed by atoms with Gasteiger partial charge < -0.3 is 9.64 Å². The summed E-state index contributed by atoms with van der Waals surface area (Å²) in [6.07, 6.45) is 0.849. The number of rotatable bonds is 5. The summed E-state index contributed by atoms with van der Waals surface area (Å²) in [5.41, 5.74) is 1.68. The lowest BCUT2D eigenvalue weighted by Gasteiger charge is -2.13. The first-order valence-corrected chi connectivity index (χ1v) is 5.55. The van der Waals surface area contributed by atoms with Crippen LogP contribution in [0.2, 0.25) is 0 Å². The second-order valence-electron chi connectivity index (χ2n) is 4.03. The normalized spacial score (nSPS) is 10.5. The monoisotopic (exact) mass is 221 g/mol. The highest BCUT2D eigenvalue weighted by Gasteiger charge is 2.11. The number of esters is 1. The predicted molar refractivity (Wildman–Crippen MR) is 64.4 cm³/mol. The smallest absolute Gasteiger partial charge is 0.338 e. The minimum Gasteiger partial charge on any atom is -0.462 e. The molecule has 0 fully saturated rings. The molecule has 0 aliphatic heterocycles. The Labute approximate surface area is 97.0 Å². The third kappa shape index (κ3) is 3.66. The van der Waals surface area contributed by atoms with E-state index >= 15 is 0 Å². The number of hydrogen-bond acceptors (Lipinski definition) is 3. The first-order chi connectivity index (χ1) is 7.65. The quantitative estimate of drug-likeness (QED) is 0.715. The first-order valence-electron chi connectivity index (χ1n) is 5.55. The molecule has 0 saturated heterocycles. The molecule has 16 heavy (non-hydrogen) atoms. The van der Waals surface area contributed by atoms with Crippen molar-refractivity contribution in [2.75, 3.05) is 20.7 Å². The van der Waals surface area contributed by atoms with Crippen molar-refractivity contribution in [3.63, 3.8) is 0 Å². The molecule has 0 aliphatic carbocycles. The summed E-state index contributed by atoms with van der Waals surface area (Å²) >= 11 is 0. The minimum absolute atomic E-state index is 0.223. The lowest BCUT2D eigenvalue weighted by atomic mass is 10.1. The summed E-state index contributed by atoms with van der Waals surface area (Å²) in [7, 11) is 3.96. The Morgan fingerprint density at radius 1 is 1.31 bits per heavy atom. The van der Waals surface area contributed by atoms with Crippen LogP contribution in [0.4, 0.5) is 0 Å². The molecular weight excluding hydrogens is 202 g/mol. The zero-order valence-corrected chi connectivity index (χ0v) is 10.2. The van der Waals surface area contributed by atoms with E-state index in [-0.39, 0.29) is 5.97 Å². The fourth-order valence-corrected chi connectivity index (χ4v) is 1.47. The van der Waals surface area contributed by atoms with Crippen molar-refractivity contribution >= 4 is 5.97 Å². The topological polar surface area (TPSA) is 29.5 Å². The van der Waals surface area contributed by atoms with Crippen molar-refractivity contribution < 1.29 is 9.53 Å². The molecule has 3 nitrogen and oxygen atoms in total. The van der Waals surface area contributed by atoms with E-state index in [1.54, 1.807) is 0 Å². The molecule has 0 atom stereocenters. The van der Waals surface area contributed by atoms with E-state index in [1.807, 2.05) is 50.2 Å². The van der Waals surface area contributed by atoms with Crippen molar-refractivity contribution in [1.29, 1.82) is 0 Å². The number of hydrogen-bond donors (Lipinski definition) is 0. The van der Waals surface area contributed by atoms with Crippen molar-refractivity contribution in [3.05, 3.63) is 35.4 Å². The van der Waals surface area contributed by atoms with Crippen LogP contribution < -0.4 is 0 Å². The van der Waals surface area contributed by atoms with E-state index in [1.165, 1.54) is 0 Å². The Morgan fingerprint density at radius 3 is 2.62 bits per heavy atom. The fraction of sp³-hybridized carbons (Fsp3) is 0.462. The molecule has 0 saturated carbocycles. The van der Waals surface area contributed by atoms with Gasteiger partial charge in [-0.3, -0.25) is 0 Å². The Bertz CT molecular complexity index is 348. The number of ether oxygens (including phenoxy) is 1. The Kier molecular flexibility index (Phi) is 4.99. The fourth-order valence-electron chi connectivity index (χ4n) is 1.47. The highest BCUT2D eigenvalue weighted by Crippen LogP contribution is 2.12. The number of benzene rings is 1. The highest BCUT2D eigenvalue weighted by atomic mass is 16.5. The maximum absolute atomic E-state index is 11.8. The summed E-state index contributed by atoms with van der Waals surface area (Å²) in [5.74, 6) is -0.223. The largest absolute Gasteiger partial charge is 0.462 e. The van der Waals surface area contributed by atoms with Crippen LogP contribution in [-0.2, 0) is 11.3 Å². The molecule has 0 aliphatic rings. The Balaban J connectivity index is 2.81. The van der Waals surface area contributed by atoms with Gasteiger partial charge in [0.25, 0.3) is 0 Å². The molecule has 3 heteroatoms. The van der Waals surface area contributed by atoms with Gasteiger partial charge >= 0.3 is 5.97 Å². The van der Waals surface area contributed by atoms with Crippen molar-refractivity contribution in [2.45, 2.75) is 19.9 Å². The van der Waals surface area contributed by atoms with Gasteiger partial charge in [0.2, 0.25) is 0 Å². The molecule has 88 valence electrons. The van der Waals surface area contributed by atoms with Crippen LogP contribution >= 0.6 is 0 Å². The molecule has 1 aromatic rings. The molecule has 0 unspecified atom stereocenters. The maximum Gasteiger partial charge on any atom is 0.338 e. The SMILES string of the molecule is CCCOC(=O)c1ccccc1CN(C)C. The van der Waals surface area contributed by atoms with E-state index in [0.717, 1.165) is 18.5 Å². The lowest BCUT2D eigenvalue weighted by Crippen LogP contribution is -2.15. The molecule has 0 N–H and O–H groups in total. The first kappa shape index (κ1) is 12.7. The van der Waals surface area contributed by atoms with Gasteiger partial charge in [0.1, 0.15) is 0 Å². The number of carbonyl (C=O) groups is 1. The third-order valence-electron chi connectivity index (χ3n) is 2.16. The number of carbonyl (C=O) groups excluding carboxylic acids is 1. The second kappa shape index (κ2) is 6.28. The van der Waals surface area contributed by atoms with Gasteiger partial charge in [-0.1, -0.05) is 25.1 Å². The van der Waals surface area contributed by atoms with Crippen LogP contribution in [0, 0.1) is 0 Å². The summed E-state index contributed by atoms with van der Waals surface area (Å²) in [4.78, 5) is 13.8. The van der Waals surface area contributed by atoms with Crippen molar-refractivity contribution in [3.8, 4) is 0 Å². The summed E-state index contributed by atoms with van der Waals surface area (Å²) in [6.45, 7) is 3.21. The minimum atomic E-state index is -0.223. The van der Waals surface area contributed by atoms with E-state index < -0.39 is 0 Å². The van der Waals surface area contributed by atoms with E-state index in [2.05, 4.69) is 0 Å². The summed E-state index contributed by atoms with van der Waals surface area (Å²) in [5, 5.41) is 0. The average Bonchev–Trinajstić information content (AvgIpc) is 2.26. The van der Waals surface area contributed by atoms with Crippen molar-refractivity contribution in [1.82, 2.24) is 4.90 Å². The number of nitrogens with zero attached hydrogens (tertiary/aromatic N) is 1. The standard InChI is InChI=1S/C13H19NO2/c1-4-9-16-13(15)12-8-6-5-7-11(12)10-14(2)3/h5-8H,4,9-10H2,1-3H3. The van der Waals surface area contributed by atoms with Gasteiger partial charge in [0.15, 0.2) is 0 Å². The Hall–Kier alpha value is -1.35. The van der Waals surface area contributed by atoms with Crippen LogP contribution in [0.5, 0.6) is 0 Å². The molecular formula is C13H19NO2. The van der Waals surface area contributed by atoms with Crippen molar-refractivity contribution in [2.24, 2.45) is 0 Å². The average molecular weight is 221 g/mol.